The Labute approximate surface area is 164 Å². The van der Waals surface area contributed by atoms with Gasteiger partial charge in [0.25, 0.3) is 5.69 Å². The van der Waals surface area contributed by atoms with Crippen molar-refractivity contribution in [3.8, 4) is 0 Å². The summed E-state index contributed by atoms with van der Waals surface area (Å²) >= 11 is 1.37. The van der Waals surface area contributed by atoms with Gasteiger partial charge < -0.3 is 9.12 Å². The van der Waals surface area contributed by atoms with Gasteiger partial charge in [0, 0.05) is 30.0 Å². The van der Waals surface area contributed by atoms with Gasteiger partial charge in [-0.1, -0.05) is 35.6 Å². The molecule has 3 aromatic rings. The SMILES string of the molecule is O=[N+]([O-])c1cccc(C=NN=c2sc3ccccc3n2CCCS(=O)(=O)[O-])c1. The quantitative estimate of drug-likeness (QED) is 0.251. The minimum Gasteiger partial charge on any atom is -0.748 e. The number of nitro groups is 1. The van der Waals surface area contributed by atoms with E-state index in [2.05, 4.69) is 10.2 Å². The van der Waals surface area contributed by atoms with E-state index in [1.54, 1.807) is 16.7 Å². The summed E-state index contributed by atoms with van der Waals surface area (Å²) in [6, 6.07) is 13.5. The number of hydrogen-bond acceptors (Lipinski definition) is 8. The largest absolute Gasteiger partial charge is 0.748 e. The molecule has 0 aliphatic rings. The van der Waals surface area contributed by atoms with Gasteiger partial charge in [0.15, 0.2) is 0 Å². The van der Waals surface area contributed by atoms with Crippen molar-refractivity contribution < 1.29 is 17.9 Å². The third-order valence-electron chi connectivity index (χ3n) is 3.80. The van der Waals surface area contributed by atoms with Crippen LogP contribution in [-0.4, -0.2) is 34.4 Å². The van der Waals surface area contributed by atoms with Crippen molar-refractivity contribution in [2.24, 2.45) is 10.2 Å². The lowest BCUT2D eigenvalue weighted by Crippen LogP contribution is -2.17. The maximum Gasteiger partial charge on any atom is 0.270 e. The molecule has 0 aliphatic carbocycles. The molecule has 1 heterocycles. The van der Waals surface area contributed by atoms with E-state index in [9.17, 15) is 23.1 Å². The fourth-order valence-electron chi connectivity index (χ4n) is 2.58. The van der Waals surface area contributed by atoms with E-state index in [-0.39, 0.29) is 12.1 Å². The summed E-state index contributed by atoms with van der Waals surface area (Å²) in [5, 5.41) is 19.0. The van der Waals surface area contributed by atoms with Gasteiger partial charge in [-0.2, -0.15) is 5.10 Å². The van der Waals surface area contributed by atoms with Crippen molar-refractivity contribution in [1.29, 1.82) is 0 Å². The lowest BCUT2D eigenvalue weighted by atomic mass is 10.2. The first-order chi connectivity index (χ1) is 13.3. The van der Waals surface area contributed by atoms with Gasteiger partial charge >= 0.3 is 0 Å². The second-order valence-electron chi connectivity index (χ2n) is 5.82. The molecule has 0 amide bonds. The van der Waals surface area contributed by atoms with Gasteiger partial charge in [-0.05, 0) is 18.6 Å². The van der Waals surface area contributed by atoms with Gasteiger partial charge in [0.1, 0.15) is 0 Å². The highest BCUT2D eigenvalue weighted by Gasteiger charge is 2.07. The normalized spacial score (nSPS) is 12.8. The average Bonchev–Trinajstić information content (AvgIpc) is 2.99. The number of hydrogen-bond donors (Lipinski definition) is 0. The summed E-state index contributed by atoms with van der Waals surface area (Å²) in [4.78, 5) is 10.9. The minimum absolute atomic E-state index is 0.0419. The molecule has 9 nitrogen and oxygen atoms in total. The van der Waals surface area contributed by atoms with E-state index in [1.165, 1.54) is 29.7 Å². The van der Waals surface area contributed by atoms with Crippen LogP contribution in [0.15, 0.2) is 58.7 Å². The summed E-state index contributed by atoms with van der Waals surface area (Å²) in [6.45, 7) is 0.302. The Balaban J connectivity index is 1.91. The number of nitro benzene ring substituents is 1. The average molecular weight is 419 g/mol. The van der Waals surface area contributed by atoms with Crippen LogP contribution in [0, 0.1) is 10.1 Å². The van der Waals surface area contributed by atoms with Crippen molar-refractivity contribution in [3.05, 3.63) is 69.0 Å². The second-order valence-corrected chi connectivity index (χ2v) is 8.35. The van der Waals surface area contributed by atoms with E-state index in [0.717, 1.165) is 10.2 Å². The van der Waals surface area contributed by atoms with E-state index in [1.807, 2.05) is 24.3 Å². The van der Waals surface area contributed by atoms with Gasteiger partial charge in [-0.3, -0.25) is 10.1 Å². The predicted molar refractivity (Wildman–Crippen MR) is 105 cm³/mol. The number of thiazole rings is 1. The van der Waals surface area contributed by atoms with Crippen LogP contribution in [0.1, 0.15) is 12.0 Å². The van der Waals surface area contributed by atoms with Gasteiger partial charge in [-0.25, -0.2) is 8.42 Å². The molecule has 0 saturated heterocycles. The van der Waals surface area contributed by atoms with Crippen LogP contribution in [0.4, 0.5) is 5.69 Å². The molecule has 0 aliphatic heterocycles. The Morgan fingerprint density at radius 3 is 2.71 bits per heavy atom. The number of non-ortho nitro benzene ring substituents is 1. The van der Waals surface area contributed by atoms with Gasteiger partial charge in [-0.15, -0.1) is 5.10 Å². The number of nitrogens with zero attached hydrogens (tertiary/aromatic N) is 4. The number of aryl methyl sites for hydroxylation is 1. The fraction of sp³-hybridized carbons (Fsp3) is 0.176. The summed E-state index contributed by atoms with van der Waals surface area (Å²) in [5.74, 6) is -0.458. The first-order valence-corrected chi connectivity index (χ1v) is 10.6. The Bertz CT molecular complexity index is 1210. The molecule has 2 aromatic carbocycles. The molecule has 0 saturated carbocycles. The first-order valence-electron chi connectivity index (χ1n) is 8.17. The maximum absolute atomic E-state index is 10.9. The molecule has 0 unspecified atom stereocenters. The standard InChI is InChI=1S/C17H16N4O5S2/c22-21(23)14-6-3-5-13(11-14)12-18-19-17-20(9-4-10-28(24,25)26)15-7-1-2-8-16(15)27-17/h1-3,5-8,11-12H,4,9-10H2,(H,24,25,26)/p-1. The molecule has 0 fully saturated rings. The van der Waals surface area contributed by atoms with Gasteiger partial charge in [0.2, 0.25) is 4.80 Å². The molecule has 28 heavy (non-hydrogen) atoms. The van der Waals surface area contributed by atoms with Crippen molar-refractivity contribution in [1.82, 2.24) is 4.57 Å². The summed E-state index contributed by atoms with van der Waals surface area (Å²) in [7, 11) is -4.28. The summed E-state index contributed by atoms with van der Waals surface area (Å²) in [6.07, 6.45) is 1.57. The molecule has 1 aromatic heterocycles. The number of rotatable bonds is 7. The van der Waals surface area contributed by atoms with E-state index >= 15 is 0 Å². The topological polar surface area (TPSA) is 130 Å². The van der Waals surface area contributed by atoms with E-state index < -0.39 is 20.8 Å². The number of aromatic nitrogens is 1. The van der Waals surface area contributed by atoms with Gasteiger partial charge in [0.05, 0.1) is 31.5 Å². The van der Waals surface area contributed by atoms with Crippen LogP contribution in [-0.2, 0) is 16.7 Å². The zero-order valence-corrected chi connectivity index (χ0v) is 16.1. The van der Waals surface area contributed by atoms with E-state index in [4.69, 9.17) is 0 Å². The molecular formula is C17H15N4O5S2-. The monoisotopic (exact) mass is 419 g/mol. The second kappa shape index (κ2) is 8.42. The van der Waals surface area contributed by atoms with Crippen molar-refractivity contribution >= 4 is 43.6 Å². The number of benzene rings is 2. The molecule has 0 atom stereocenters. The molecule has 3 rings (SSSR count). The lowest BCUT2D eigenvalue weighted by Gasteiger charge is -2.07. The van der Waals surface area contributed by atoms with Crippen LogP contribution in [0.3, 0.4) is 0 Å². The molecule has 146 valence electrons. The minimum atomic E-state index is -4.28. The Morgan fingerprint density at radius 2 is 1.96 bits per heavy atom. The first kappa shape index (κ1) is 19.9. The van der Waals surface area contributed by atoms with Crippen LogP contribution in [0.25, 0.3) is 10.2 Å². The highest BCUT2D eigenvalue weighted by atomic mass is 32.2. The number of fused-ring (bicyclic) bond motifs is 1. The Hall–Kier alpha value is -2.89. The van der Waals surface area contributed by atoms with Crippen molar-refractivity contribution in [2.45, 2.75) is 13.0 Å². The Kier molecular flexibility index (Phi) is 5.97. The van der Waals surface area contributed by atoms with Crippen LogP contribution < -0.4 is 4.80 Å². The molecular weight excluding hydrogens is 404 g/mol. The number of para-hydroxylation sites is 1. The van der Waals surface area contributed by atoms with Crippen molar-refractivity contribution in [3.63, 3.8) is 0 Å². The molecule has 0 bridgehead atoms. The summed E-state index contributed by atoms with van der Waals surface area (Å²) in [5.41, 5.74) is 1.35. The smallest absolute Gasteiger partial charge is 0.270 e. The maximum atomic E-state index is 10.9. The third kappa shape index (κ3) is 5.09. The Morgan fingerprint density at radius 1 is 1.18 bits per heavy atom. The molecule has 0 N–H and O–H groups in total. The highest BCUT2D eigenvalue weighted by Crippen LogP contribution is 2.17. The molecule has 11 heteroatoms. The predicted octanol–water partition coefficient (Wildman–Crippen LogP) is 2.48. The van der Waals surface area contributed by atoms with Crippen LogP contribution in [0.5, 0.6) is 0 Å². The third-order valence-corrected chi connectivity index (χ3v) is 5.63. The van der Waals surface area contributed by atoms with E-state index in [0.29, 0.717) is 16.9 Å². The van der Waals surface area contributed by atoms with Crippen LogP contribution >= 0.6 is 11.3 Å². The fourth-order valence-corrected chi connectivity index (χ4v) is 4.07. The van der Waals surface area contributed by atoms with Crippen molar-refractivity contribution in [2.75, 3.05) is 5.75 Å². The summed E-state index contributed by atoms with van der Waals surface area (Å²) < 4.78 is 35.3. The molecule has 0 radical (unpaired) electrons. The lowest BCUT2D eigenvalue weighted by molar-refractivity contribution is -0.384. The van der Waals surface area contributed by atoms with Crippen LogP contribution in [0.2, 0.25) is 0 Å². The zero-order valence-electron chi connectivity index (χ0n) is 14.5. The zero-order chi connectivity index (χ0) is 20.1. The molecule has 0 spiro atoms. The highest BCUT2D eigenvalue weighted by molar-refractivity contribution is 7.85.